The third kappa shape index (κ3) is 3.35. The predicted molar refractivity (Wildman–Crippen MR) is 97.5 cm³/mol. The van der Waals surface area contributed by atoms with Crippen LogP contribution < -0.4 is 10.2 Å². The van der Waals surface area contributed by atoms with Crippen LogP contribution in [-0.4, -0.2) is 77.7 Å². The number of piperidine rings is 3. The molecule has 0 spiro atoms. The molecule has 2 bridgehead atoms. The van der Waals surface area contributed by atoms with Crippen LogP contribution in [0.25, 0.3) is 0 Å². The predicted octanol–water partition coefficient (Wildman–Crippen LogP) is 1.51. The van der Waals surface area contributed by atoms with Gasteiger partial charge in [-0.05, 0) is 45.7 Å². The van der Waals surface area contributed by atoms with Crippen LogP contribution in [-0.2, 0) is 0 Å². The summed E-state index contributed by atoms with van der Waals surface area (Å²) in [4.78, 5) is 16.6. The topological polar surface area (TPSA) is 47.5 Å². The quantitative estimate of drug-likeness (QED) is 0.903. The van der Waals surface area contributed by atoms with E-state index in [0.717, 1.165) is 49.8 Å². The first kappa shape index (κ1) is 16.1. The van der Waals surface area contributed by atoms with Crippen LogP contribution in [0.1, 0.15) is 26.7 Å². The lowest BCUT2D eigenvalue weighted by Crippen LogP contribution is -2.61. The van der Waals surface area contributed by atoms with Crippen molar-refractivity contribution in [3.8, 4) is 0 Å². The van der Waals surface area contributed by atoms with E-state index >= 15 is 0 Å². The summed E-state index contributed by atoms with van der Waals surface area (Å²) in [6, 6.07) is 3.27. The molecule has 6 heteroatoms. The average molecular weight is 330 g/mol. The van der Waals surface area contributed by atoms with Gasteiger partial charge in [-0.1, -0.05) is 0 Å². The van der Waals surface area contributed by atoms with Gasteiger partial charge in [0.2, 0.25) is 0 Å². The first-order chi connectivity index (χ1) is 11.7. The second-order valence-corrected chi connectivity index (χ2v) is 7.79. The zero-order chi connectivity index (χ0) is 16.5. The van der Waals surface area contributed by atoms with E-state index in [2.05, 4.69) is 49.9 Å². The lowest BCUT2D eigenvalue weighted by molar-refractivity contribution is 0.00306. The SMILES string of the molecule is CC(C)Nc1cc(N2CCN([C@H]3CN4CCC3CC4)CC2)ncn1. The molecule has 0 aromatic carbocycles. The number of aromatic nitrogens is 2. The molecule has 4 aliphatic rings. The molecule has 132 valence electrons. The Morgan fingerprint density at radius 1 is 1.04 bits per heavy atom. The van der Waals surface area contributed by atoms with Gasteiger partial charge in [-0.25, -0.2) is 9.97 Å². The molecular weight excluding hydrogens is 300 g/mol. The zero-order valence-electron chi connectivity index (χ0n) is 15.0. The lowest BCUT2D eigenvalue weighted by atomic mass is 9.83. The highest BCUT2D eigenvalue weighted by Gasteiger charge is 2.38. The first-order valence-electron chi connectivity index (χ1n) is 9.49. The smallest absolute Gasteiger partial charge is 0.134 e. The van der Waals surface area contributed by atoms with Gasteiger partial charge in [0, 0.05) is 50.9 Å². The van der Waals surface area contributed by atoms with Crippen molar-refractivity contribution in [1.82, 2.24) is 19.8 Å². The molecule has 0 unspecified atom stereocenters. The highest BCUT2D eigenvalue weighted by Crippen LogP contribution is 2.31. The fraction of sp³-hybridized carbons (Fsp3) is 0.778. The maximum atomic E-state index is 4.49. The molecular formula is C18H30N6. The van der Waals surface area contributed by atoms with E-state index in [-0.39, 0.29) is 0 Å². The normalized spacial score (nSPS) is 30.8. The van der Waals surface area contributed by atoms with E-state index in [4.69, 9.17) is 0 Å². The number of piperazine rings is 1. The summed E-state index contributed by atoms with van der Waals surface area (Å²) in [5, 5.41) is 3.37. The van der Waals surface area contributed by atoms with Crippen LogP contribution in [0, 0.1) is 5.92 Å². The van der Waals surface area contributed by atoms with E-state index in [1.54, 1.807) is 6.33 Å². The van der Waals surface area contributed by atoms with Gasteiger partial charge in [0.05, 0.1) is 0 Å². The van der Waals surface area contributed by atoms with E-state index in [0.29, 0.717) is 6.04 Å². The van der Waals surface area contributed by atoms with Gasteiger partial charge in [0.15, 0.2) is 0 Å². The molecule has 5 rings (SSSR count). The molecule has 0 radical (unpaired) electrons. The van der Waals surface area contributed by atoms with E-state index in [1.165, 1.54) is 32.5 Å². The standard InChI is InChI=1S/C18H30N6/c1-14(2)21-17-11-18(20-13-19-17)24-9-7-23(8-10-24)16-12-22-5-3-15(16)4-6-22/h11,13-16H,3-10,12H2,1-2H3,(H,19,20,21)/t16-/m0/s1. The number of nitrogens with one attached hydrogen (secondary N) is 1. The Morgan fingerprint density at radius 3 is 2.42 bits per heavy atom. The first-order valence-corrected chi connectivity index (χ1v) is 9.49. The molecule has 6 nitrogen and oxygen atoms in total. The Bertz CT molecular complexity index is 546. The maximum Gasteiger partial charge on any atom is 0.134 e. The van der Waals surface area contributed by atoms with Crippen molar-refractivity contribution in [2.24, 2.45) is 5.92 Å². The van der Waals surface area contributed by atoms with Gasteiger partial charge in [0.25, 0.3) is 0 Å². The Hall–Kier alpha value is -1.40. The second-order valence-electron chi connectivity index (χ2n) is 7.79. The molecule has 24 heavy (non-hydrogen) atoms. The van der Waals surface area contributed by atoms with Crippen LogP contribution in [0.5, 0.6) is 0 Å². The molecule has 0 saturated carbocycles. The molecule has 4 saturated heterocycles. The minimum Gasteiger partial charge on any atom is -0.368 e. The summed E-state index contributed by atoms with van der Waals surface area (Å²) < 4.78 is 0. The summed E-state index contributed by atoms with van der Waals surface area (Å²) in [7, 11) is 0. The molecule has 5 heterocycles. The largest absolute Gasteiger partial charge is 0.368 e. The van der Waals surface area contributed by atoms with Crippen molar-refractivity contribution in [3.63, 3.8) is 0 Å². The van der Waals surface area contributed by atoms with Crippen LogP contribution in [0.3, 0.4) is 0 Å². The van der Waals surface area contributed by atoms with E-state index in [9.17, 15) is 0 Å². The van der Waals surface area contributed by atoms with Crippen LogP contribution in [0.4, 0.5) is 11.6 Å². The molecule has 1 aromatic heterocycles. The number of hydrogen-bond donors (Lipinski definition) is 1. The number of anilines is 2. The van der Waals surface area contributed by atoms with Crippen molar-refractivity contribution in [1.29, 1.82) is 0 Å². The summed E-state index contributed by atoms with van der Waals surface area (Å²) >= 11 is 0. The summed E-state index contributed by atoms with van der Waals surface area (Å²) in [6.07, 6.45) is 4.49. The van der Waals surface area contributed by atoms with Gasteiger partial charge in [-0.15, -0.1) is 0 Å². The molecule has 1 N–H and O–H groups in total. The van der Waals surface area contributed by atoms with Gasteiger partial charge in [0.1, 0.15) is 18.0 Å². The minimum atomic E-state index is 0.390. The summed E-state index contributed by atoms with van der Waals surface area (Å²) in [6.45, 7) is 12.7. The van der Waals surface area contributed by atoms with Crippen molar-refractivity contribution in [2.75, 3.05) is 56.0 Å². The molecule has 0 amide bonds. The molecule has 1 atom stereocenters. The van der Waals surface area contributed by atoms with Crippen molar-refractivity contribution in [3.05, 3.63) is 12.4 Å². The Labute approximate surface area is 145 Å². The third-order valence-corrected chi connectivity index (χ3v) is 5.82. The second kappa shape index (κ2) is 6.84. The highest BCUT2D eigenvalue weighted by atomic mass is 15.3. The fourth-order valence-corrected chi connectivity index (χ4v) is 4.52. The number of fused-ring (bicyclic) bond motifs is 3. The molecule has 1 aromatic rings. The van der Waals surface area contributed by atoms with Crippen LogP contribution in [0.2, 0.25) is 0 Å². The van der Waals surface area contributed by atoms with Crippen molar-refractivity contribution < 1.29 is 0 Å². The van der Waals surface area contributed by atoms with Crippen molar-refractivity contribution >= 4 is 11.6 Å². The monoisotopic (exact) mass is 330 g/mol. The Morgan fingerprint density at radius 2 is 1.79 bits per heavy atom. The zero-order valence-corrected chi connectivity index (χ0v) is 15.0. The number of rotatable bonds is 4. The lowest BCUT2D eigenvalue weighted by Gasteiger charge is -2.51. The van der Waals surface area contributed by atoms with Gasteiger partial charge >= 0.3 is 0 Å². The number of hydrogen-bond acceptors (Lipinski definition) is 6. The molecule has 4 aliphatic heterocycles. The van der Waals surface area contributed by atoms with Crippen LogP contribution >= 0.6 is 0 Å². The molecule has 0 aliphatic carbocycles. The van der Waals surface area contributed by atoms with E-state index in [1.807, 2.05) is 0 Å². The summed E-state index contributed by atoms with van der Waals surface area (Å²) in [5.74, 6) is 2.92. The Balaban J connectivity index is 1.36. The Kier molecular flexibility index (Phi) is 4.59. The van der Waals surface area contributed by atoms with Gasteiger partial charge < -0.3 is 15.1 Å². The minimum absolute atomic E-state index is 0.390. The number of nitrogens with zero attached hydrogens (tertiary/aromatic N) is 5. The third-order valence-electron chi connectivity index (χ3n) is 5.82. The van der Waals surface area contributed by atoms with Gasteiger partial charge in [-0.2, -0.15) is 0 Å². The highest BCUT2D eigenvalue weighted by molar-refractivity contribution is 5.49. The fourth-order valence-electron chi connectivity index (χ4n) is 4.52. The van der Waals surface area contributed by atoms with Gasteiger partial charge in [-0.3, -0.25) is 4.90 Å². The van der Waals surface area contributed by atoms with E-state index < -0.39 is 0 Å². The van der Waals surface area contributed by atoms with Crippen molar-refractivity contribution in [2.45, 2.75) is 38.8 Å². The maximum absolute atomic E-state index is 4.49. The molecule has 4 fully saturated rings. The summed E-state index contributed by atoms with van der Waals surface area (Å²) in [5.41, 5.74) is 0. The average Bonchev–Trinajstić information content (AvgIpc) is 2.62. The van der Waals surface area contributed by atoms with Crippen LogP contribution in [0.15, 0.2) is 12.4 Å².